The van der Waals surface area contributed by atoms with Crippen LogP contribution in [-0.4, -0.2) is 23.5 Å². The van der Waals surface area contributed by atoms with Gasteiger partial charge in [-0.15, -0.1) is 0 Å². The summed E-state index contributed by atoms with van der Waals surface area (Å²) < 4.78 is 61.1. The Morgan fingerprint density at radius 2 is 1.70 bits per heavy atom. The Labute approximate surface area is 156 Å². The summed E-state index contributed by atoms with van der Waals surface area (Å²) in [5.74, 6) is 0. The Balaban J connectivity index is 0.000000226. The second-order valence-corrected chi connectivity index (χ2v) is 7.55. The maximum Gasteiger partial charge on any atom is 0.485 e. The number of nitrogens with zero attached hydrogens (tertiary/aromatic N) is 1. The smallest absolute Gasteiger partial charge is 0.485 e. The molecular formula is C17H12ClF3N2O3S. The van der Waals surface area contributed by atoms with Crippen molar-refractivity contribution in [2.45, 2.75) is 5.51 Å². The van der Waals surface area contributed by atoms with Crippen LogP contribution in [0.25, 0.3) is 32.8 Å². The van der Waals surface area contributed by atoms with Crippen molar-refractivity contribution in [2.24, 2.45) is 7.05 Å². The number of rotatable bonds is 0. The molecule has 4 rings (SSSR count). The SMILES string of the molecule is C[n+]1c2cc(Cl)ccc2cc2[nH]c3ccccc3c21.O=S(=O)([O-])C(F)(F)F. The average Bonchev–Trinajstić information content (AvgIpc) is 2.93. The number of aromatic amines is 1. The van der Waals surface area contributed by atoms with E-state index in [1.807, 2.05) is 18.2 Å². The van der Waals surface area contributed by atoms with Crippen LogP contribution >= 0.6 is 11.6 Å². The Hall–Kier alpha value is -2.36. The van der Waals surface area contributed by atoms with Crippen molar-refractivity contribution in [3.8, 4) is 0 Å². The molecular weight excluding hydrogens is 405 g/mol. The molecule has 0 aliphatic rings. The van der Waals surface area contributed by atoms with Crippen molar-refractivity contribution in [1.82, 2.24) is 4.98 Å². The molecule has 2 aromatic heterocycles. The number of benzene rings is 2. The molecule has 10 heteroatoms. The summed E-state index contributed by atoms with van der Waals surface area (Å²) in [5, 5.41) is 3.19. The lowest BCUT2D eigenvalue weighted by atomic mass is 10.1. The maximum atomic E-state index is 10.7. The second kappa shape index (κ2) is 6.66. The predicted molar refractivity (Wildman–Crippen MR) is 95.2 cm³/mol. The van der Waals surface area contributed by atoms with Crippen LogP contribution in [0.15, 0.2) is 48.5 Å². The first-order valence-corrected chi connectivity index (χ1v) is 9.28. The van der Waals surface area contributed by atoms with Crippen LogP contribution < -0.4 is 4.57 Å². The summed E-state index contributed by atoms with van der Waals surface area (Å²) in [4.78, 5) is 3.47. The third-order valence-electron chi connectivity index (χ3n) is 3.98. The van der Waals surface area contributed by atoms with Crippen molar-refractivity contribution in [3.05, 3.63) is 53.6 Å². The molecule has 0 saturated heterocycles. The van der Waals surface area contributed by atoms with Crippen LogP contribution in [0.4, 0.5) is 13.2 Å². The molecule has 0 radical (unpaired) electrons. The minimum atomic E-state index is -6.09. The van der Waals surface area contributed by atoms with Gasteiger partial charge in [0.25, 0.3) is 0 Å². The topological polar surface area (TPSA) is 76.9 Å². The Kier molecular flexibility index (Phi) is 4.79. The number of halogens is 4. The molecule has 4 aromatic rings. The monoisotopic (exact) mass is 416 g/mol. The highest BCUT2D eigenvalue weighted by molar-refractivity contribution is 7.86. The van der Waals surface area contributed by atoms with Gasteiger partial charge >= 0.3 is 5.51 Å². The first-order chi connectivity index (χ1) is 12.5. The first-order valence-electron chi connectivity index (χ1n) is 7.50. The van der Waals surface area contributed by atoms with Crippen molar-refractivity contribution in [3.63, 3.8) is 0 Å². The number of H-pyrrole nitrogens is 1. The van der Waals surface area contributed by atoms with E-state index < -0.39 is 15.6 Å². The molecule has 0 atom stereocenters. The molecule has 0 spiro atoms. The summed E-state index contributed by atoms with van der Waals surface area (Å²) in [6.45, 7) is 0. The Morgan fingerprint density at radius 1 is 1.07 bits per heavy atom. The second-order valence-electron chi connectivity index (χ2n) is 5.74. The van der Waals surface area contributed by atoms with Gasteiger partial charge in [-0.1, -0.05) is 23.7 Å². The third-order valence-corrected chi connectivity index (χ3v) is 4.78. The molecule has 142 valence electrons. The zero-order valence-electron chi connectivity index (χ0n) is 13.7. The number of alkyl halides is 3. The van der Waals surface area contributed by atoms with Crippen LogP contribution in [-0.2, 0) is 17.2 Å². The molecule has 2 heterocycles. The zero-order valence-corrected chi connectivity index (χ0v) is 15.3. The van der Waals surface area contributed by atoms with Gasteiger partial charge in [0.2, 0.25) is 11.0 Å². The van der Waals surface area contributed by atoms with Gasteiger partial charge in [-0.05, 0) is 30.3 Å². The van der Waals surface area contributed by atoms with Crippen molar-refractivity contribution in [1.29, 1.82) is 0 Å². The van der Waals surface area contributed by atoms with Gasteiger partial charge in [-0.2, -0.15) is 17.7 Å². The van der Waals surface area contributed by atoms with Gasteiger partial charge in [0.05, 0.1) is 10.9 Å². The van der Waals surface area contributed by atoms with E-state index in [-0.39, 0.29) is 0 Å². The number of para-hydroxylation sites is 1. The summed E-state index contributed by atoms with van der Waals surface area (Å²) in [7, 11) is -4.01. The number of fused-ring (bicyclic) bond motifs is 4. The molecule has 0 aliphatic carbocycles. The van der Waals surface area contributed by atoms with E-state index in [2.05, 4.69) is 46.9 Å². The van der Waals surface area contributed by atoms with Crippen LogP contribution in [0.3, 0.4) is 0 Å². The van der Waals surface area contributed by atoms with Crippen molar-refractivity contribution in [2.75, 3.05) is 0 Å². The van der Waals surface area contributed by atoms with Crippen LogP contribution in [0, 0.1) is 0 Å². The third kappa shape index (κ3) is 3.71. The molecule has 0 bridgehead atoms. The lowest BCUT2D eigenvalue weighted by molar-refractivity contribution is -0.616. The van der Waals surface area contributed by atoms with E-state index in [9.17, 15) is 13.2 Å². The van der Waals surface area contributed by atoms with E-state index in [1.54, 1.807) is 0 Å². The van der Waals surface area contributed by atoms with Gasteiger partial charge < -0.3 is 9.54 Å². The molecule has 0 aliphatic heterocycles. The fraction of sp³-hybridized carbons (Fsp3) is 0.118. The van der Waals surface area contributed by atoms with E-state index in [4.69, 9.17) is 24.6 Å². The Morgan fingerprint density at radius 3 is 2.33 bits per heavy atom. The highest BCUT2D eigenvalue weighted by atomic mass is 35.5. The number of aromatic nitrogens is 2. The largest absolute Gasteiger partial charge is 0.741 e. The molecule has 0 saturated carbocycles. The van der Waals surface area contributed by atoms with E-state index in [0.29, 0.717) is 0 Å². The molecule has 27 heavy (non-hydrogen) atoms. The lowest BCUT2D eigenvalue weighted by Crippen LogP contribution is -2.29. The number of hydrogen-bond acceptors (Lipinski definition) is 3. The quantitative estimate of drug-likeness (QED) is 0.267. The van der Waals surface area contributed by atoms with Crippen LogP contribution in [0.5, 0.6) is 0 Å². The van der Waals surface area contributed by atoms with Gasteiger partial charge in [0.15, 0.2) is 10.1 Å². The van der Waals surface area contributed by atoms with Crippen LogP contribution in [0.1, 0.15) is 0 Å². The number of aryl methyl sites for hydroxylation is 1. The van der Waals surface area contributed by atoms with E-state index in [0.717, 1.165) is 21.6 Å². The van der Waals surface area contributed by atoms with Crippen molar-refractivity contribution >= 4 is 54.6 Å². The fourth-order valence-electron chi connectivity index (χ4n) is 2.82. The normalized spacial score (nSPS) is 12.4. The lowest BCUT2D eigenvalue weighted by Gasteiger charge is -2.08. The van der Waals surface area contributed by atoms with E-state index >= 15 is 0 Å². The summed E-state index contributed by atoms with van der Waals surface area (Å²) in [6, 6.07) is 16.5. The van der Waals surface area contributed by atoms with Gasteiger partial charge in [-0.25, -0.2) is 8.42 Å². The predicted octanol–water partition coefficient (Wildman–Crippen LogP) is 4.00. The Bertz CT molecular complexity index is 1270. The number of pyridine rings is 1. The summed E-state index contributed by atoms with van der Waals surface area (Å²) in [6.07, 6.45) is 0. The molecule has 0 fully saturated rings. The zero-order chi connectivity index (χ0) is 20.0. The highest BCUT2D eigenvalue weighted by Gasteiger charge is 2.36. The molecule has 0 unspecified atom stereocenters. The number of hydrogen-bond donors (Lipinski definition) is 1. The summed E-state index contributed by atoms with van der Waals surface area (Å²) >= 11 is 6.11. The standard InChI is InChI=1S/C16H11ClN2.CHF3O3S/c1-19-15-9-11(17)7-6-10(15)8-14-16(19)12-4-2-3-5-13(12)18-14;2-1(3,4)8(5,6)7/h2-9H,1H3;(H,5,6,7). The van der Waals surface area contributed by atoms with E-state index in [1.165, 1.54) is 16.3 Å². The maximum absolute atomic E-state index is 10.7. The van der Waals surface area contributed by atoms with Crippen LogP contribution in [0.2, 0.25) is 5.02 Å². The average molecular weight is 417 g/mol. The van der Waals surface area contributed by atoms with Gasteiger partial charge in [-0.3, -0.25) is 0 Å². The van der Waals surface area contributed by atoms with Gasteiger partial charge in [0.1, 0.15) is 12.6 Å². The molecule has 1 N–H and O–H groups in total. The fourth-order valence-corrected chi connectivity index (χ4v) is 2.99. The minimum Gasteiger partial charge on any atom is -0.741 e. The van der Waals surface area contributed by atoms with Gasteiger partial charge in [0, 0.05) is 16.5 Å². The molecule has 2 aromatic carbocycles. The van der Waals surface area contributed by atoms with Crippen molar-refractivity contribution < 1.29 is 30.7 Å². The molecule has 5 nitrogen and oxygen atoms in total. The minimum absolute atomic E-state index is 0.766. The highest BCUT2D eigenvalue weighted by Crippen LogP contribution is 2.26. The first kappa shape index (κ1) is 19.4. The summed E-state index contributed by atoms with van der Waals surface area (Å²) in [5.41, 5.74) is -0.976. The number of nitrogens with one attached hydrogen (secondary N) is 1. The molecule has 0 amide bonds.